The van der Waals surface area contributed by atoms with E-state index in [1.54, 1.807) is 4.90 Å². The van der Waals surface area contributed by atoms with Gasteiger partial charge in [0, 0.05) is 19.5 Å². The predicted molar refractivity (Wildman–Crippen MR) is 73.7 cm³/mol. The first-order valence-corrected chi connectivity index (χ1v) is 7.15. The highest BCUT2D eigenvalue weighted by Gasteiger charge is 2.45. The molecule has 1 amide bonds. The van der Waals surface area contributed by atoms with Gasteiger partial charge in [-0.25, -0.2) is 0 Å². The second-order valence-corrected chi connectivity index (χ2v) is 5.98. The SMILES string of the molecule is CN(CC(O)C1CC1)C(=O)C1CC1c1ccccc1. The van der Waals surface area contributed by atoms with Crippen LogP contribution < -0.4 is 0 Å². The molecule has 2 fully saturated rings. The first-order valence-electron chi connectivity index (χ1n) is 7.15. The number of nitrogens with zero attached hydrogens (tertiary/aromatic N) is 1. The van der Waals surface area contributed by atoms with Crippen molar-refractivity contribution in [2.75, 3.05) is 13.6 Å². The Balaban J connectivity index is 1.54. The maximum absolute atomic E-state index is 12.3. The van der Waals surface area contributed by atoms with Gasteiger partial charge in [-0.15, -0.1) is 0 Å². The summed E-state index contributed by atoms with van der Waals surface area (Å²) in [5.41, 5.74) is 1.26. The van der Waals surface area contributed by atoms with Gasteiger partial charge in [0.15, 0.2) is 0 Å². The van der Waals surface area contributed by atoms with Gasteiger partial charge in [0.1, 0.15) is 0 Å². The first kappa shape index (κ1) is 12.7. The van der Waals surface area contributed by atoms with E-state index in [4.69, 9.17) is 0 Å². The largest absolute Gasteiger partial charge is 0.391 e. The van der Waals surface area contributed by atoms with Crippen LogP contribution in [0, 0.1) is 11.8 Å². The van der Waals surface area contributed by atoms with Crippen LogP contribution in [0.1, 0.15) is 30.7 Å². The summed E-state index contributed by atoms with van der Waals surface area (Å²) in [5, 5.41) is 9.90. The average Bonchev–Trinajstić information content (AvgIpc) is 3.31. The van der Waals surface area contributed by atoms with Crippen molar-refractivity contribution < 1.29 is 9.90 Å². The Morgan fingerprint density at radius 3 is 2.68 bits per heavy atom. The summed E-state index contributed by atoms with van der Waals surface area (Å²) in [5.74, 6) is 1.13. The van der Waals surface area contributed by atoms with E-state index in [2.05, 4.69) is 12.1 Å². The molecule has 2 aliphatic carbocycles. The van der Waals surface area contributed by atoms with Gasteiger partial charge >= 0.3 is 0 Å². The summed E-state index contributed by atoms with van der Waals surface area (Å²) in [4.78, 5) is 14.0. The number of hydrogen-bond acceptors (Lipinski definition) is 2. The molecule has 0 aromatic heterocycles. The van der Waals surface area contributed by atoms with Gasteiger partial charge in [-0.1, -0.05) is 30.3 Å². The molecule has 0 radical (unpaired) electrons. The van der Waals surface area contributed by atoms with Crippen molar-refractivity contribution in [3.63, 3.8) is 0 Å². The van der Waals surface area contributed by atoms with Crippen LogP contribution in [-0.2, 0) is 4.79 Å². The predicted octanol–water partition coefficient (Wildman–Crippen LogP) is 2.02. The highest BCUT2D eigenvalue weighted by Crippen LogP contribution is 2.48. The Kier molecular flexibility index (Phi) is 3.31. The van der Waals surface area contributed by atoms with E-state index in [9.17, 15) is 9.90 Å². The van der Waals surface area contributed by atoms with Crippen LogP contribution in [-0.4, -0.2) is 35.6 Å². The molecule has 0 saturated heterocycles. The third kappa shape index (κ3) is 2.81. The van der Waals surface area contributed by atoms with Gasteiger partial charge in [0.2, 0.25) is 5.91 Å². The molecule has 3 heteroatoms. The number of aliphatic hydroxyl groups is 1. The molecule has 0 heterocycles. The van der Waals surface area contributed by atoms with Crippen molar-refractivity contribution in [3.05, 3.63) is 35.9 Å². The number of hydrogen-bond donors (Lipinski definition) is 1. The number of aliphatic hydroxyl groups excluding tert-OH is 1. The van der Waals surface area contributed by atoms with Crippen LogP contribution in [0.25, 0.3) is 0 Å². The zero-order valence-corrected chi connectivity index (χ0v) is 11.3. The van der Waals surface area contributed by atoms with Crippen molar-refractivity contribution in [3.8, 4) is 0 Å². The molecule has 0 spiro atoms. The molecule has 3 unspecified atom stereocenters. The standard InChI is InChI=1S/C16H21NO2/c1-17(10-15(18)12-7-8-12)16(19)14-9-13(14)11-5-3-2-4-6-11/h2-6,12-15,18H,7-10H2,1H3. The number of benzene rings is 1. The number of likely N-dealkylation sites (N-methyl/N-ethyl adjacent to an activating group) is 1. The molecule has 3 nitrogen and oxygen atoms in total. The second-order valence-electron chi connectivity index (χ2n) is 5.98. The third-order valence-corrected chi connectivity index (χ3v) is 4.34. The van der Waals surface area contributed by atoms with Crippen LogP contribution in [0.2, 0.25) is 0 Å². The second kappa shape index (κ2) is 4.97. The van der Waals surface area contributed by atoms with E-state index in [0.29, 0.717) is 18.4 Å². The molecule has 3 atom stereocenters. The fourth-order valence-corrected chi connectivity index (χ4v) is 2.82. The Morgan fingerprint density at radius 1 is 1.37 bits per heavy atom. The van der Waals surface area contributed by atoms with E-state index in [1.807, 2.05) is 25.2 Å². The molecule has 1 aromatic rings. The quantitative estimate of drug-likeness (QED) is 0.879. The van der Waals surface area contributed by atoms with Crippen LogP contribution >= 0.6 is 0 Å². The molecule has 102 valence electrons. The molecule has 2 saturated carbocycles. The third-order valence-electron chi connectivity index (χ3n) is 4.34. The minimum absolute atomic E-state index is 0.124. The van der Waals surface area contributed by atoms with E-state index >= 15 is 0 Å². The lowest BCUT2D eigenvalue weighted by molar-refractivity contribution is -0.132. The maximum Gasteiger partial charge on any atom is 0.226 e. The minimum atomic E-state index is -0.331. The Hall–Kier alpha value is -1.35. The molecule has 19 heavy (non-hydrogen) atoms. The number of rotatable bonds is 5. The van der Waals surface area contributed by atoms with Crippen LogP contribution in [0.3, 0.4) is 0 Å². The zero-order valence-electron chi connectivity index (χ0n) is 11.3. The average molecular weight is 259 g/mol. The topological polar surface area (TPSA) is 40.5 Å². The number of carbonyl (C=O) groups excluding carboxylic acids is 1. The van der Waals surface area contributed by atoms with Crippen molar-refractivity contribution >= 4 is 5.91 Å². The summed E-state index contributed by atoms with van der Waals surface area (Å²) in [7, 11) is 1.81. The van der Waals surface area contributed by atoms with Crippen LogP contribution in [0.4, 0.5) is 0 Å². The van der Waals surface area contributed by atoms with E-state index in [1.165, 1.54) is 5.56 Å². The molecule has 0 bridgehead atoms. The highest BCUT2D eigenvalue weighted by atomic mass is 16.3. The summed E-state index contributed by atoms with van der Waals surface area (Å²) in [6, 6.07) is 10.2. The Labute approximate surface area is 114 Å². The highest BCUT2D eigenvalue weighted by molar-refractivity contribution is 5.82. The molecule has 3 rings (SSSR count). The monoisotopic (exact) mass is 259 g/mol. The molecule has 1 aromatic carbocycles. The van der Waals surface area contributed by atoms with Crippen molar-refractivity contribution in [2.24, 2.45) is 11.8 Å². The summed E-state index contributed by atoms with van der Waals surface area (Å²) in [6.45, 7) is 0.488. The van der Waals surface area contributed by atoms with Crippen molar-refractivity contribution in [1.29, 1.82) is 0 Å². The van der Waals surface area contributed by atoms with E-state index in [0.717, 1.165) is 19.3 Å². The molecule has 1 N–H and O–H groups in total. The molecular weight excluding hydrogens is 238 g/mol. The van der Waals surface area contributed by atoms with Crippen LogP contribution in [0.15, 0.2) is 30.3 Å². The lowest BCUT2D eigenvalue weighted by Gasteiger charge is -2.21. The normalized spacial score (nSPS) is 26.8. The smallest absolute Gasteiger partial charge is 0.226 e. The van der Waals surface area contributed by atoms with Gasteiger partial charge in [-0.3, -0.25) is 4.79 Å². The Morgan fingerprint density at radius 2 is 2.05 bits per heavy atom. The molecule has 0 aliphatic heterocycles. The Bertz CT molecular complexity index is 455. The number of carbonyl (C=O) groups is 1. The number of amides is 1. The van der Waals surface area contributed by atoms with E-state index < -0.39 is 0 Å². The summed E-state index contributed by atoms with van der Waals surface area (Å²) >= 11 is 0. The zero-order chi connectivity index (χ0) is 13.4. The molecular formula is C16H21NO2. The maximum atomic E-state index is 12.3. The van der Waals surface area contributed by atoms with E-state index in [-0.39, 0.29) is 17.9 Å². The van der Waals surface area contributed by atoms with Crippen LogP contribution in [0.5, 0.6) is 0 Å². The lowest BCUT2D eigenvalue weighted by atomic mass is 10.1. The van der Waals surface area contributed by atoms with Gasteiger partial charge in [0.25, 0.3) is 0 Å². The fourth-order valence-electron chi connectivity index (χ4n) is 2.82. The summed E-state index contributed by atoms with van der Waals surface area (Å²) < 4.78 is 0. The van der Waals surface area contributed by atoms with Crippen molar-refractivity contribution in [2.45, 2.75) is 31.3 Å². The van der Waals surface area contributed by atoms with Gasteiger partial charge in [-0.2, -0.15) is 0 Å². The fraction of sp³-hybridized carbons (Fsp3) is 0.562. The lowest BCUT2D eigenvalue weighted by Crippen LogP contribution is -2.36. The summed E-state index contributed by atoms with van der Waals surface area (Å²) in [6.07, 6.45) is 2.84. The van der Waals surface area contributed by atoms with Gasteiger partial charge < -0.3 is 10.0 Å². The first-order chi connectivity index (χ1) is 9.16. The van der Waals surface area contributed by atoms with Crippen molar-refractivity contribution in [1.82, 2.24) is 4.90 Å². The van der Waals surface area contributed by atoms with Gasteiger partial charge in [-0.05, 0) is 36.7 Å². The minimum Gasteiger partial charge on any atom is -0.391 e. The van der Waals surface area contributed by atoms with Gasteiger partial charge in [0.05, 0.1) is 6.10 Å². The molecule has 2 aliphatic rings.